The van der Waals surface area contributed by atoms with E-state index in [2.05, 4.69) is 46.4 Å². The van der Waals surface area contributed by atoms with E-state index >= 15 is 0 Å². The summed E-state index contributed by atoms with van der Waals surface area (Å²) < 4.78 is 5.74. The lowest BCUT2D eigenvalue weighted by molar-refractivity contribution is -0.0151. The lowest BCUT2D eigenvalue weighted by Crippen LogP contribution is -2.45. The zero-order chi connectivity index (χ0) is 16.1. The molecule has 1 atom stereocenters. The summed E-state index contributed by atoms with van der Waals surface area (Å²) in [5.41, 5.74) is 3.83. The first-order chi connectivity index (χ1) is 10.2. The minimum Gasteiger partial charge on any atom is -0.378 e. The summed E-state index contributed by atoms with van der Waals surface area (Å²) in [5, 5.41) is 0. The molecule has 0 N–H and O–H groups in total. The van der Waals surface area contributed by atoms with Crippen LogP contribution in [0.1, 0.15) is 70.4 Å². The minimum absolute atomic E-state index is 0.0349. The van der Waals surface area contributed by atoms with E-state index in [0.717, 1.165) is 38.5 Å². The van der Waals surface area contributed by atoms with Gasteiger partial charge in [0.1, 0.15) is 5.82 Å². The van der Waals surface area contributed by atoms with Crippen molar-refractivity contribution in [3.63, 3.8) is 0 Å². The van der Waals surface area contributed by atoms with Crippen LogP contribution in [-0.4, -0.2) is 41.2 Å². The maximum absolute atomic E-state index is 5.74. The molecule has 2 aliphatic heterocycles. The highest BCUT2D eigenvalue weighted by molar-refractivity contribution is 5.36. The topological polar surface area (TPSA) is 38.2 Å². The zero-order valence-electron chi connectivity index (χ0n) is 14.9. The monoisotopic (exact) mass is 303 g/mol. The minimum atomic E-state index is -0.0349. The van der Waals surface area contributed by atoms with E-state index in [1.54, 1.807) is 0 Å². The molecule has 0 saturated carbocycles. The van der Waals surface area contributed by atoms with Gasteiger partial charge in [-0.05, 0) is 12.0 Å². The second-order valence-electron chi connectivity index (χ2n) is 8.64. The number of hydrogen-bond acceptors (Lipinski definition) is 4. The van der Waals surface area contributed by atoms with Crippen molar-refractivity contribution in [1.82, 2.24) is 14.9 Å². The number of nitrogens with zero attached hydrogens (tertiary/aromatic N) is 3. The molecular formula is C18H29N3O. The molecule has 1 saturated heterocycles. The Balaban J connectivity index is 2.17. The summed E-state index contributed by atoms with van der Waals surface area (Å²) in [5.74, 6) is 0.962. The summed E-state index contributed by atoms with van der Waals surface area (Å²) in [6, 6.07) is 0.308. The van der Waals surface area contributed by atoms with Gasteiger partial charge in [0.15, 0.2) is 0 Å². The van der Waals surface area contributed by atoms with Gasteiger partial charge in [0.05, 0.1) is 30.6 Å². The molecule has 3 rings (SSSR count). The fourth-order valence-electron chi connectivity index (χ4n) is 3.39. The molecular weight excluding hydrogens is 274 g/mol. The molecule has 1 unspecified atom stereocenters. The molecule has 1 fully saturated rings. The Kier molecular flexibility index (Phi) is 3.81. The van der Waals surface area contributed by atoms with Crippen LogP contribution in [0.15, 0.2) is 0 Å². The van der Waals surface area contributed by atoms with Gasteiger partial charge in [-0.15, -0.1) is 0 Å². The van der Waals surface area contributed by atoms with Gasteiger partial charge >= 0.3 is 0 Å². The third kappa shape index (κ3) is 2.79. The van der Waals surface area contributed by atoms with Gasteiger partial charge in [-0.1, -0.05) is 41.5 Å². The van der Waals surface area contributed by atoms with E-state index in [1.165, 1.54) is 17.0 Å². The molecule has 1 aromatic heterocycles. The highest BCUT2D eigenvalue weighted by Crippen LogP contribution is 2.37. The van der Waals surface area contributed by atoms with Crippen LogP contribution in [0.4, 0.5) is 0 Å². The number of rotatable bonds is 0. The van der Waals surface area contributed by atoms with Crippen LogP contribution < -0.4 is 0 Å². The molecule has 22 heavy (non-hydrogen) atoms. The standard InChI is InChI=1S/C18H29N3O/c1-17(2,3)15-12-7-8-21-9-10-22-11-13(21)14(12)19-16(20-15)18(4,5)6/h13H,7-11H2,1-6H3. The number of aromatic nitrogens is 2. The van der Waals surface area contributed by atoms with Crippen LogP contribution in [0.2, 0.25) is 0 Å². The van der Waals surface area contributed by atoms with Crippen molar-refractivity contribution in [2.24, 2.45) is 0 Å². The molecule has 1 aromatic rings. The van der Waals surface area contributed by atoms with Crippen molar-refractivity contribution in [3.05, 3.63) is 22.8 Å². The average Bonchev–Trinajstić information content (AvgIpc) is 2.44. The molecule has 4 nitrogen and oxygen atoms in total. The molecule has 122 valence electrons. The number of ether oxygens (including phenoxy) is 1. The van der Waals surface area contributed by atoms with Crippen molar-refractivity contribution in [2.45, 2.75) is 64.8 Å². The second-order valence-corrected chi connectivity index (χ2v) is 8.64. The maximum atomic E-state index is 5.74. The first-order valence-electron chi connectivity index (χ1n) is 8.41. The molecule has 3 heterocycles. The Bertz CT molecular complexity index is 569. The smallest absolute Gasteiger partial charge is 0.134 e. The van der Waals surface area contributed by atoms with Crippen molar-refractivity contribution >= 4 is 0 Å². The number of morpholine rings is 1. The Hall–Kier alpha value is -1.00. The van der Waals surface area contributed by atoms with E-state index < -0.39 is 0 Å². The fourth-order valence-corrected chi connectivity index (χ4v) is 3.39. The third-order valence-electron chi connectivity index (χ3n) is 4.62. The quantitative estimate of drug-likeness (QED) is 0.738. The highest BCUT2D eigenvalue weighted by Gasteiger charge is 2.36. The van der Waals surface area contributed by atoms with E-state index in [4.69, 9.17) is 14.7 Å². The van der Waals surface area contributed by atoms with Crippen LogP contribution in [-0.2, 0) is 22.0 Å². The molecule has 0 spiro atoms. The molecule has 0 amide bonds. The lowest BCUT2D eigenvalue weighted by atomic mass is 9.83. The average molecular weight is 303 g/mol. The molecule has 0 radical (unpaired) electrons. The van der Waals surface area contributed by atoms with E-state index in [1.807, 2.05) is 0 Å². The van der Waals surface area contributed by atoms with Crippen LogP contribution in [0.3, 0.4) is 0 Å². The Morgan fingerprint density at radius 2 is 1.73 bits per heavy atom. The van der Waals surface area contributed by atoms with Crippen molar-refractivity contribution in [3.8, 4) is 0 Å². The summed E-state index contributed by atoms with van der Waals surface area (Å²) in [7, 11) is 0. The number of hydrogen-bond donors (Lipinski definition) is 0. The van der Waals surface area contributed by atoms with Gasteiger partial charge in [-0.3, -0.25) is 4.90 Å². The Morgan fingerprint density at radius 3 is 2.36 bits per heavy atom. The SMILES string of the molecule is CC(C)(C)c1nc2c(c(C(C)(C)C)n1)CCN1CCOCC21. The molecule has 4 heteroatoms. The van der Waals surface area contributed by atoms with E-state index in [-0.39, 0.29) is 10.8 Å². The first kappa shape index (κ1) is 15.9. The lowest BCUT2D eigenvalue weighted by Gasteiger charge is -2.41. The second kappa shape index (κ2) is 5.27. The van der Waals surface area contributed by atoms with Gasteiger partial charge < -0.3 is 4.74 Å². The molecule has 0 bridgehead atoms. The number of fused-ring (bicyclic) bond motifs is 3. The van der Waals surface area contributed by atoms with Gasteiger partial charge in [0.25, 0.3) is 0 Å². The Labute approximate surface area is 134 Å². The van der Waals surface area contributed by atoms with Gasteiger partial charge in [-0.25, -0.2) is 9.97 Å². The van der Waals surface area contributed by atoms with Crippen LogP contribution in [0.5, 0.6) is 0 Å². The van der Waals surface area contributed by atoms with Gasteiger partial charge in [-0.2, -0.15) is 0 Å². The largest absolute Gasteiger partial charge is 0.378 e. The van der Waals surface area contributed by atoms with E-state index in [0.29, 0.717) is 6.04 Å². The predicted octanol–water partition coefficient (Wildman–Crippen LogP) is 3.00. The van der Waals surface area contributed by atoms with Crippen molar-refractivity contribution in [2.75, 3.05) is 26.3 Å². The maximum Gasteiger partial charge on any atom is 0.134 e. The van der Waals surface area contributed by atoms with Crippen LogP contribution >= 0.6 is 0 Å². The zero-order valence-corrected chi connectivity index (χ0v) is 14.9. The van der Waals surface area contributed by atoms with Crippen LogP contribution in [0, 0.1) is 0 Å². The third-order valence-corrected chi connectivity index (χ3v) is 4.62. The Morgan fingerprint density at radius 1 is 1.00 bits per heavy atom. The van der Waals surface area contributed by atoms with Gasteiger partial charge in [0, 0.05) is 23.9 Å². The predicted molar refractivity (Wildman–Crippen MR) is 88.3 cm³/mol. The summed E-state index contributed by atoms with van der Waals surface area (Å²) in [4.78, 5) is 12.5. The fraction of sp³-hybridized carbons (Fsp3) is 0.778. The summed E-state index contributed by atoms with van der Waals surface area (Å²) >= 11 is 0. The molecule has 0 aromatic carbocycles. The highest BCUT2D eigenvalue weighted by atomic mass is 16.5. The van der Waals surface area contributed by atoms with Gasteiger partial charge in [0.2, 0.25) is 0 Å². The first-order valence-corrected chi connectivity index (χ1v) is 8.41. The normalized spacial score (nSPS) is 23.1. The van der Waals surface area contributed by atoms with Crippen molar-refractivity contribution < 1.29 is 4.74 Å². The molecule has 2 aliphatic rings. The van der Waals surface area contributed by atoms with Crippen LogP contribution in [0.25, 0.3) is 0 Å². The van der Waals surface area contributed by atoms with E-state index in [9.17, 15) is 0 Å². The molecule has 0 aliphatic carbocycles. The summed E-state index contributed by atoms with van der Waals surface area (Å²) in [6.45, 7) is 17.1. The summed E-state index contributed by atoms with van der Waals surface area (Å²) in [6.07, 6.45) is 1.06. The van der Waals surface area contributed by atoms with Crippen molar-refractivity contribution in [1.29, 1.82) is 0 Å².